The van der Waals surface area contributed by atoms with E-state index in [1.807, 2.05) is 11.0 Å². The molecule has 7 rings (SSSR count). The molecular formula is C30H32ClN7O4. The number of aliphatic hydroxyl groups is 1. The number of imidazole rings is 1. The van der Waals surface area contributed by atoms with E-state index in [2.05, 4.69) is 32.1 Å². The largest absolute Gasteiger partial charge is 0.387 e. The average molecular weight is 590 g/mol. The Morgan fingerprint density at radius 1 is 1.14 bits per heavy atom. The number of anilines is 1. The van der Waals surface area contributed by atoms with Crippen molar-refractivity contribution in [2.75, 3.05) is 58.2 Å². The molecule has 0 bridgehead atoms. The lowest BCUT2D eigenvalue weighted by molar-refractivity contribution is 0.0616. The van der Waals surface area contributed by atoms with Crippen LogP contribution < -0.4 is 10.9 Å². The zero-order chi connectivity index (χ0) is 29.0. The molecule has 2 aromatic heterocycles. The number of ether oxygens (including phenoxy) is 1. The van der Waals surface area contributed by atoms with Crippen LogP contribution in [-0.2, 0) is 4.74 Å². The van der Waals surface area contributed by atoms with Crippen molar-refractivity contribution in [3.8, 4) is 11.4 Å². The first-order valence-corrected chi connectivity index (χ1v) is 14.5. The quantitative estimate of drug-likeness (QED) is 0.231. The fraction of sp³-hybridized carbons (Fsp3) is 0.367. The highest BCUT2D eigenvalue weighted by molar-refractivity contribution is 6.30. The molecule has 4 aromatic rings. The van der Waals surface area contributed by atoms with Gasteiger partial charge >= 0.3 is 0 Å². The molecule has 3 atom stereocenters. The molecule has 1 amide bonds. The number of rotatable bonds is 8. The van der Waals surface area contributed by atoms with Crippen LogP contribution in [0.1, 0.15) is 33.7 Å². The number of aromatic amines is 2. The van der Waals surface area contributed by atoms with Crippen LogP contribution in [0, 0.1) is 0 Å². The van der Waals surface area contributed by atoms with Crippen molar-refractivity contribution < 1.29 is 14.6 Å². The summed E-state index contributed by atoms with van der Waals surface area (Å²) in [5.41, 5.74) is 3.88. The van der Waals surface area contributed by atoms with E-state index in [-0.39, 0.29) is 30.3 Å². The predicted octanol–water partition coefficient (Wildman–Crippen LogP) is 2.82. The molecule has 0 spiro atoms. The van der Waals surface area contributed by atoms with E-state index in [0.29, 0.717) is 50.8 Å². The number of carbonyl (C=O) groups excluding carboxylic acids is 1. The number of amides is 1. The Balaban J connectivity index is 1.13. The van der Waals surface area contributed by atoms with E-state index >= 15 is 0 Å². The van der Waals surface area contributed by atoms with Crippen molar-refractivity contribution in [1.82, 2.24) is 29.7 Å². The van der Waals surface area contributed by atoms with Crippen LogP contribution in [0.3, 0.4) is 0 Å². The number of H-pyrrole nitrogens is 2. The molecule has 0 radical (unpaired) electrons. The minimum absolute atomic E-state index is 0.0563. The summed E-state index contributed by atoms with van der Waals surface area (Å²) >= 11 is 6.07. The number of benzene rings is 2. The monoisotopic (exact) mass is 589 g/mol. The molecule has 42 heavy (non-hydrogen) atoms. The Morgan fingerprint density at radius 2 is 1.98 bits per heavy atom. The minimum Gasteiger partial charge on any atom is -0.387 e. The summed E-state index contributed by atoms with van der Waals surface area (Å²) in [4.78, 5) is 43.8. The van der Waals surface area contributed by atoms with Gasteiger partial charge in [-0.2, -0.15) is 0 Å². The normalized spacial score (nSPS) is 21.3. The van der Waals surface area contributed by atoms with Crippen molar-refractivity contribution in [1.29, 1.82) is 0 Å². The molecule has 3 aliphatic heterocycles. The van der Waals surface area contributed by atoms with Gasteiger partial charge in [0, 0.05) is 68.2 Å². The van der Waals surface area contributed by atoms with Gasteiger partial charge in [0.05, 0.1) is 22.8 Å². The van der Waals surface area contributed by atoms with E-state index in [1.54, 1.807) is 42.6 Å². The molecule has 3 aliphatic rings. The van der Waals surface area contributed by atoms with Gasteiger partial charge in [0.2, 0.25) is 0 Å². The third kappa shape index (κ3) is 5.07. The Labute approximate surface area is 247 Å². The van der Waals surface area contributed by atoms with Gasteiger partial charge in [-0.05, 0) is 42.9 Å². The number of aliphatic hydroxyl groups excluding tert-OH is 1. The average Bonchev–Trinajstić information content (AvgIpc) is 3.67. The number of likely N-dealkylation sites (N-methyl/N-ethyl adjacent to an activating group) is 1. The molecule has 2 fully saturated rings. The van der Waals surface area contributed by atoms with Crippen molar-refractivity contribution in [3.63, 3.8) is 0 Å². The van der Waals surface area contributed by atoms with Crippen molar-refractivity contribution in [2.45, 2.75) is 18.4 Å². The predicted molar refractivity (Wildman–Crippen MR) is 160 cm³/mol. The van der Waals surface area contributed by atoms with E-state index in [9.17, 15) is 14.7 Å². The summed E-state index contributed by atoms with van der Waals surface area (Å²) < 4.78 is 5.97. The SMILES string of the molecule is CN1CCN(CCN2C(=O)c3cc4nc(-c5c(NC[C@@H](O)c6cccc(Cl)c6)cc[nH]c5=O)[nH]c4cc3C3OC32)CC1. The lowest BCUT2D eigenvalue weighted by atomic mass is 9.98. The Bertz CT molecular complexity index is 1710. The van der Waals surface area contributed by atoms with Crippen LogP contribution in [-0.4, -0.2) is 99.8 Å². The highest BCUT2D eigenvalue weighted by Gasteiger charge is 2.52. The van der Waals surface area contributed by atoms with Crippen LogP contribution >= 0.6 is 11.6 Å². The first-order valence-electron chi connectivity index (χ1n) is 14.2. The Hall–Kier alpha value is -3.74. The van der Waals surface area contributed by atoms with Gasteiger partial charge in [-0.1, -0.05) is 23.7 Å². The van der Waals surface area contributed by atoms with Crippen LogP contribution in [0.5, 0.6) is 0 Å². The minimum atomic E-state index is -0.838. The molecule has 5 heterocycles. The summed E-state index contributed by atoms with van der Waals surface area (Å²) in [5, 5.41) is 14.4. The standard InChI is InChI=1S/C30H32ClN7O4/c1-36-7-9-37(10-8-36)11-12-38-29(41)20-15-23-22(14-19(20)26-30(38)42-26)34-27(35-23)25-21(5-6-32-28(25)40)33-16-24(39)17-3-2-4-18(31)13-17/h2-6,13-15,24,26,30,39H,7-12,16H2,1H3,(H,34,35)(H2,32,33,40)/t24-,26?,30?/m1/s1. The number of fused-ring (bicyclic) bond motifs is 4. The molecule has 12 heteroatoms. The van der Waals surface area contributed by atoms with Crippen molar-refractivity contribution >= 4 is 34.2 Å². The smallest absolute Gasteiger partial charge is 0.261 e. The van der Waals surface area contributed by atoms with Crippen LogP contribution in [0.25, 0.3) is 22.4 Å². The molecule has 2 unspecified atom stereocenters. The number of hydrogen-bond acceptors (Lipinski definition) is 8. The summed E-state index contributed by atoms with van der Waals surface area (Å²) in [7, 11) is 2.13. The van der Waals surface area contributed by atoms with E-state index < -0.39 is 6.10 Å². The number of piperazine rings is 1. The lowest BCUT2D eigenvalue weighted by Gasteiger charge is -2.34. The fourth-order valence-electron chi connectivity index (χ4n) is 5.90. The fourth-order valence-corrected chi connectivity index (χ4v) is 6.10. The second kappa shape index (κ2) is 10.8. The highest BCUT2D eigenvalue weighted by Crippen LogP contribution is 2.47. The lowest BCUT2D eigenvalue weighted by Crippen LogP contribution is -2.48. The number of hydrogen-bond donors (Lipinski definition) is 4. The number of halogens is 1. The molecule has 2 saturated heterocycles. The highest BCUT2D eigenvalue weighted by atomic mass is 35.5. The molecule has 2 aromatic carbocycles. The molecule has 0 aliphatic carbocycles. The van der Waals surface area contributed by atoms with Crippen LogP contribution in [0.15, 0.2) is 53.5 Å². The van der Waals surface area contributed by atoms with Gasteiger partial charge in [-0.25, -0.2) is 4.98 Å². The molecule has 4 N–H and O–H groups in total. The van der Waals surface area contributed by atoms with Crippen molar-refractivity contribution in [2.24, 2.45) is 0 Å². The summed E-state index contributed by atoms with van der Waals surface area (Å²) in [6, 6.07) is 12.5. The number of aromatic nitrogens is 3. The summed E-state index contributed by atoms with van der Waals surface area (Å²) in [6.45, 7) is 5.64. The van der Waals surface area contributed by atoms with Crippen LogP contribution in [0.2, 0.25) is 5.02 Å². The number of pyridine rings is 1. The molecule has 11 nitrogen and oxygen atoms in total. The van der Waals surface area contributed by atoms with Crippen LogP contribution in [0.4, 0.5) is 5.69 Å². The van der Waals surface area contributed by atoms with E-state index in [1.165, 1.54) is 0 Å². The number of carbonyl (C=O) groups is 1. The topological polar surface area (TPSA) is 133 Å². The molecule has 0 saturated carbocycles. The number of epoxide rings is 1. The number of nitrogens with one attached hydrogen (secondary N) is 3. The second-order valence-corrected chi connectivity index (χ2v) is 11.6. The van der Waals surface area contributed by atoms with Gasteiger partial charge in [-0.3, -0.25) is 14.5 Å². The van der Waals surface area contributed by atoms with Gasteiger partial charge in [0.15, 0.2) is 6.23 Å². The zero-order valence-electron chi connectivity index (χ0n) is 23.1. The molecule has 218 valence electrons. The molecular weight excluding hydrogens is 558 g/mol. The zero-order valence-corrected chi connectivity index (χ0v) is 23.9. The van der Waals surface area contributed by atoms with E-state index in [4.69, 9.17) is 21.3 Å². The maximum atomic E-state index is 13.6. The summed E-state index contributed by atoms with van der Waals surface area (Å²) in [5.74, 6) is 0.306. The third-order valence-electron chi connectivity index (χ3n) is 8.40. The van der Waals surface area contributed by atoms with Gasteiger partial charge in [0.1, 0.15) is 17.5 Å². The third-order valence-corrected chi connectivity index (χ3v) is 8.63. The maximum Gasteiger partial charge on any atom is 0.261 e. The second-order valence-electron chi connectivity index (χ2n) is 11.2. The Kier molecular flexibility index (Phi) is 6.99. The van der Waals surface area contributed by atoms with Gasteiger partial charge in [-0.15, -0.1) is 0 Å². The van der Waals surface area contributed by atoms with Gasteiger partial charge in [0.25, 0.3) is 11.5 Å². The first kappa shape index (κ1) is 27.1. The summed E-state index contributed by atoms with van der Waals surface area (Å²) in [6.07, 6.45) is 0.305. The first-order chi connectivity index (χ1) is 20.4. The number of nitrogens with zero attached hydrogens (tertiary/aromatic N) is 4. The maximum absolute atomic E-state index is 13.6. The van der Waals surface area contributed by atoms with Crippen molar-refractivity contribution in [3.05, 3.63) is 80.7 Å². The van der Waals surface area contributed by atoms with Gasteiger partial charge < -0.3 is 34.9 Å². The van der Waals surface area contributed by atoms with E-state index in [0.717, 1.165) is 38.3 Å². The Morgan fingerprint density at radius 3 is 2.79 bits per heavy atom.